The molecule has 6 heteroatoms. The summed E-state index contributed by atoms with van der Waals surface area (Å²) in [6.07, 6.45) is 1.42. The van der Waals surface area contributed by atoms with E-state index in [2.05, 4.69) is 20.6 Å². The molecule has 144 valence electrons. The van der Waals surface area contributed by atoms with E-state index in [1.54, 1.807) is 6.07 Å². The number of hydrogen-bond acceptors (Lipinski definition) is 5. The number of carbonyl (C=O) groups is 1. The summed E-state index contributed by atoms with van der Waals surface area (Å²) < 4.78 is 5.81. The van der Waals surface area contributed by atoms with Crippen LogP contribution in [-0.2, 0) is 6.54 Å². The lowest BCUT2D eigenvalue weighted by Gasteiger charge is -2.15. The van der Waals surface area contributed by atoms with Gasteiger partial charge in [0, 0.05) is 12.6 Å². The zero-order valence-electron chi connectivity index (χ0n) is 16.3. The molecule has 1 heterocycles. The van der Waals surface area contributed by atoms with Gasteiger partial charge in [0.25, 0.3) is 5.91 Å². The molecule has 28 heavy (non-hydrogen) atoms. The van der Waals surface area contributed by atoms with Crippen LogP contribution in [0.4, 0.5) is 11.5 Å². The maximum Gasteiger partial charge on any atom is 0.270 e. The van der Waals surface area contributed by atoms with E-state index >= 15 is 0 Å². The topological polar surface area (TPSA) is 76.1 Å². The zero-order chi connectivity index (χ0) is 19.9. The number of amides is 1. The fourth-order valence-electron chi connectivity index (χ4n) is 2.69. The van der Waals surface area contributed by atoms with Gasteiger partial charge in [-0.25, -0.2) is 9.97 Å². The highest BCUT2D eigenvalue weighted by Crippen LogP contribution is 2.27. The molecular weight excluding hydrogens is 352 g/mol. The van der Waals surface area contributed by atoms with Crippen molar-refractivity contribution < 1.29 is 9.53 Å². The summed E-state index contributed by atoms with van der Waals surface area (Å²) >= 11 is 0. The largest absolute Gasteiger partial charge is 0.489 e. The number of aryl methyl sites for hydroxylation is 1. The Morgan fingerprint density at radius 2 is 1.82 bits per heavy atom. The second-order valence-electron chi connectivity index (χ2n) is 6.69. The molecule has 0 aliphatic carbocycles. The summed E-state index contributed by atoms with van der Waals surface area (Å²) in [6.45, 7) is 6.41. The quantitative estimate of drug-likeness (QED) is 0.645. The molecule has 3 aromatic rings. The molecular formula is C22H24N4O2. The van der Waals surface area contributed by atoms with Gasteiger partial charge in [-0.3, -0.25) is 4.79 Å². The molecule has 0 radical (unpaired) electrons. The molecule has 2 aromatic carbocycles. The van der Waals surface area contributed by atoms with Crippen molar-refractivity contribution in [1.29, 1.82) is 0 Å². The van der Waals surface area contributed by atoms with Crippen LogP contribution < -0.4 is 15.4 Å². The van der Waals surface area contributed by atoms with Crippen LogP contribution >= 0.6 is 0 Å². The van der Waals surface area contributed by atoms with Crippen LogP contribution in [0.25, 0.3) is 0 Å². The average Bonchev–Trinajstić information content (AvgIpc) is 2.68. The SMILES string of the molecule is Cc1ccccc1CNC(=O)c1cc(Nc2ccccc2OC(C)C)ncn1. The molecule has 0 unspecified atom stereocenters. The summed E-state index contributed by atoms with van der Waals surface area (Å²) in [4.78, 5) is 20.8. The Bertz CT molecular complexity index is 957. The van der Waals surface area contributed by atoms with Gasteiger partial charge in [-0.15, -0.1) is 0 Å². The highest BCUT2D eigenvalue weighted by molar-refractivity contribution is 5.93. The van der Waals surface area contributed by atoms with Gasteiger partial charge in [0.15, 0.2) is 0 Å². The molecule has 0 atom stereocenters. The van der Waals surface area contributed by atoms with E-state index in [1.807, 2.05) is 69.3 Å². The lowest BCUT2D eigenvalue weighted by atomic mass is 10.1. The van der Waals surface area contributed by atoms with E-state index in [9.17, 15) is 4.79 Å². The molecule has 0 spiro atoms. The van der Waals surface area contributed by atoms with E-state index in [0.29, 0.717) is 18.1 Å². The number of rotatable bonds is 7. The van der Waals surface area contributed by atoms with Crippen LogP contribution in [0.2, 0.25) is 0 Å². The summed E-state index contributed by atoms with van der Waals surface area (Å²) in [5, 5.41) is 6.10. The fraction of sp³-hybridized carbons (Fsp3) is 0.227. The van der Waals surface area contributed by atoms with E-state index in [-0.39, 0.29) is 12.0 Å². The lowest BCUT2D eigenvalue weighted by molar-refractivity contribution is 0.0945. The maximum absolute atomic E-state index is 12.5. The Kier molecular flexibility index (Phi) is 6.22. The second-order valence-corrected chi connectivity index (χ2v) is 6.69. The van der Waals surface area contributed by atoms with Crippen molar-refractivity contribution >= 4 is 17.4 Å². The number of nitrogens with one attached hydrogen (secondary N) is 2. The number of hydrogen-bond donors (Lipinski definition) is 2. The van der Waals surface area contributed by atoms with Crippen molar-refractivity contribution in [2.24, 2.45) is 0 Å². The van der Waals surface area contributed by atoms with Crippen LogP contribution in [0.3, 0.4) is 0 Å². The molecule has 0 saturated heterocycles. The smallest absolute Gasteiger partial charge is 0.270 e. The standard InChI is InChI=1S/C22H24N4O2/c1-15(2)28-20-11-7-6-10-18(20)26-21-12-19(24-14-25-21)22(27)23-13-17-9-5-4-8-16(17)3/h4-12,14-15H,13H2,1-3H3,(H,23,27)(H,24,25,26). The van der Waals surface area contributed by atoms with Gasteiger partial charge in [-0.05, 0) is 44.0 Å². The van der Waals surface area contributed by atoms with Gasteiger partial charge in [-0.1, -0.05) is 36.4 Å². The minimum atomic E-state index is -0.250. The van der Waals surface area contributed by atoms with E-state index in [4.69, 9.17) is 4.74 Å². The first kappa shape index (κ1) is 19.4. The minimum absolute atomic E-state index is 0.0520. The average molecular weight is 376 g/mol. The normalized spacial score (nSPS) is 10.6. The highest BCUT2D eigenvalue weighted by Gasteiger charge is 2.11. The first-order valence-corrected chi connectivity index (χ1v) is 9.20. The second kappa shape index (κ2) is 8.99. The summed E-state index contributed by atoms with van der Waals surface area (Å²) in [6, 6.07) is 17.2. The number of ether oxygens (including phenoxy) is 1. The van der Waals surface area contributed by atoms with E-state index in [1.165, 1.54) is 6.33 Å². The summed E-state index contributed by atoms with van der Waals surface area (Å²) in [7, 11) is 0. The van der Waals surface area contributed by atoms with Crippen LogP contribution in [-0.4, -0.2) is 22.0 Å². The van der Waals surface area contributed by atoms with Crippen LogP contribution in [0, 0.1) is 6.92 Å². The number of anilines is 2. The van der Waals surface area contributed by atoms with Crippen molar-refractivity contribution in [3.05, 3.63) is 77.7 Å². The Hall–Kier alpha value is -3.41. The number of nitrogens with zero attached hydrogens (tertiary/aromatic N) is 2. The van der Waals surface area contributed by atoms with Gasteiger partial charge in [0.05, 0.1) is 11.8 Å². The molecule has 0 aliphatic heterocycles. The molecule has 0 bridgehead atoms. The lowest BCUT2D eigenvalue weighted by Crippen LogP contribution is -2.24. The van der Waals surface area contributed by atoms with Gasteiger partial charge in [0.1, 0.15) is 23.6 Å². The van der Waals surface area contributed by atoms with E-state index < -0.39 is 0 Å². The Balaban J connectivity index is 1.70. The summed E-state index contributed by atoms with van der Waals surface area (Å²) in [5.74, 6) is 0.998. The third-order valence-electron chi connectivity index (χ3n) is 4.11. The number of carbonyl (C=O) groups excluding carboxylic acids is 1. The molecule has 0 fully saturated rings. The first-order chi connectivity index (χ1) is 13.5. The van der Waals surface area contributed by atoms with Crippen LogP contribution in [0.1, 0.15) is 35.5 Å². The molecule has 2 N–H and O–H groups in total. The first-order valence-electron chi connectivity index (χ1n) is 9.20. The molecule has 1 aromatic heterocycles. The van der Waals surface area contributed by atoms with Crippen molar-refractivity contribution in [2.75, 3.05) is 5.32 Å². The third kappa shape index (κ3) is 5.07. The highest BCUT2D eigenvalue weighted by atomic mass is 16.5. The van der Waals surface area contributed by atoms with Crippen molar-refractivity contribution in [3.8, 4) is 5.75 Å². The molecule has 6 nitrogen and oxygen atoms in total. The van der Waals surface area contributed by atoms with Gasteiger partial charge in [0.2, 0.25) is 0 Å². The molecule has 0 saturated carbocycles. The molecule has 0 aliphatic rings. The Labute approximate surface area is 165 Å². The fourth-order valence-corrected chi connectivity index (χ4v) is 2.69. The predicted molar refractivity (Wildman–Crippen MR) is 110 cm³/mol. The minimum Gasteiger partial charge on any atom is -0.489 e. The Morgan fingerprint density at radius 1 is 1.07 bits per heavy atom. The van der Waals surface area contributed by atoms with Crippen molar-refractivity contribution in [3.63, 3.8) is 0 Å². The monoisotopic (exact) mass is 376 g/mol. The number of aromatic nitrogens is 2. The van der Waals surface area contributed by atoms with Crippen LogP contribution in [0.15, 0.2) is 60.9 Å². The van der Waals surface area contributed by atoms with Crippen molar-refractivity contribution in [1.82, 2.24) is 15.3 Å². The Morgan fingerprint density at radius 3 is 2.61 bits per heavy atom. The van der Waals surface area contributed by atoms with E-state index in [0.717, 1.165) is 22.6 Å². The predicted octanol–water partition coefficient (Wildman–Crippen LogP) is 4.25. The van der Waals surface area contributed by atoms with Gasteiger partial charge >= 0.3 is 0 Å². The van der Waals surface area contributed by atoms with Crippen LogP contribution in [0.5, 0.6) is 5.75 Å². The van der Waals surface area contributed by atoms with Crippen molar-refractivity contribution in [2.45, 2.75) is 33.4 Å². The van der Waals surface area contributed by atoms with Gasteiger partial charge in [-0.2, -0.15) is 0 Å². The van der Waals surface area contributed by atoms with Gasteiger partial charge < -0.3 is 15.4 Å². The molecule has 1 amide bonds. The maximum atomic E-state index is 12.5. The number of para-hydroxylation sites is 2. The number of benzene rings is 2. The third-order valence-corrected chi connectivity index (χ3v) is 4.11. The summed E-state index contributed by atoms with van der Waals surface area (Å²) in [5.41, 5.74) is 3.28. The zero-order valence-corrected chi connectivity index (χ0v) is 16.3. The molecule has 3 rings (SSSR count).